The molecule has 4 rings (SSSR count). The van der Waals surface area contributed by atoms with Crippen LogP contribution in [0.15, 0.2) is 53.2 Å². The van der Waals surface area contributed by atoms with Crippen molar-refractivity contribution in [3.8, 4) is 22.4 Å². The van der Waals surface area contributed by atoms with Gasteiger partial charge in [0, 0.05) is 41.5 Å². The van der Waals surface area contributed by atoms with Crippen molar-refractivity contribution >= 4 is 21.4 Å². The molecule has 0 saturated heterocycles. The predicted octanol–water partition coefficient (Wildman–Crippen LogP) is 2.51. The number of hydrogen-bond donors (Lipinski definition) is 0. The number of pyridine rings is 1. The first-order chi connectivity index (χ1) is 11.3. The van der Waals surface area contributed by atoms with Crippen LogP contribution in [0.4, 0.5) is 0 Å². The van der Waals surface area contributed by atoms with E-state index >= 15 is 0 Å². The van der Waals surface area contributed by atoms with E-state index in [1.807, 2.05) is 23.6 Å². The second-order valence-corrected chi connectivity index (χ2v) is 5.88. The van der Waals surface area contributed by atoms with Gasteiger partial charge in [-0.25, -0.2) is 4.68 Å². The molecule has 0 saturated carbocycles. The van der Waals surface area contributed by atoms with Crippen LogP contribution in [0.1, 0.15) is 0 Å². The summed E-state index contributed by atoms with van der Waals surface area (Å²) < 4.78 is 2.24. The summed E-state index contributed by atoms with van der Waals surface area (Å²) in [5.74, 6) is 0. The molecule has 0 bridgehead atoms. The van der Waals surface area contributed by atoms with Gasteiger partial charge in [-0.05, 0) is 18.2 Å². The number of hydrogen-bond acceptors (Lipinski definition) is 6. The third-order valence-electron chi connectivity index (χ3n) is 3.61. The number of rotatable bonds is 2. The Hall–Kier alpha value is -2.93. The minimum absolute atomic E-state index is 0.120. The molecule has 0 unspecified atom stereocenters. The van der Waals surface area contributed by atoms with Crippen molar-refractivity contribution in [2.45, 2.75) is 0 Å². The first kappa shape index (κ1) is 13.7. The van der Waals surface area contributed by atoms with Crippen LogP contribution in [0.25, 0.3) is 32.5 Å². The molecule has 4 aromatic rings. The molecule has 0 aliphatic carbocycles. The van der Waals surface area contributed by atoms with Gasteiger partial charge in [0.15, 0.2) is 0 Å². The summed E-state index contributed by atoms with van der Waals surface area (Å²) >= 11 is 1.51. The number of aryl methyl sites for hydroxylation is 1. The Morgan fingerprint density at radius 3 is 2.57 bits per heavy atom. The fourth-order valence-corrected chi connectivity index (χ4v) is 3.58. The lowest BCUT2D eigenvalue weighted by atomic mass is 10.1. The van der Waals surface area contributed by atoms with Crippen LogP contribution in [-0.4, -0.2) is 25.0 Å². The van der Waals surface area contributed by atoms with Crippen LogP contribution in [-0.2, 0) is 7.05 Å². The van der Waals surface area contributed by atoms with E-state index in [1.54, 1.807) is 31.8 Å². The Labute approximate surface area is 135 Å². The maximum Gasteiger partial charge on any atom is 0.275 e. The zero-order chi connectivity index (χ0) is 15.8. The molecule has 0 aromatic carbocycles. The number of aromatic nitrogens is 5. The third kappa shape index (κ3) is 2.22. The molecular weight excluding hydrogens is 310 g/mol. The maximum atomic E-state index is 12.6. The quantitative estimate of drug-likeness (QED) is 0.567. The van der Waals surface area contributed by atoms with Crippen LogP contribution in [0.3, 0.4) is 0 Å². The van der Waals surface area contributed by atoms with Crippen LogP contribution < -0.4 is 5.56 Å². The lowest BCUT2D eigenvalue weighted by Gasteiger charge is -2.06. The SMILES string of the molecule is Cn1nc(-c2ccncc2)c2scc(-c3ccnnc3)c2c1=O. The van der Waals surface area contributed by atoms with E-state index in [0.717, 1.165) is 27.1 Å². The molecule has 0 atom stereocenters. The second kappa shape index (κ2) is 5.36. The Morgan fingerprint density at radius 2 is 1.83 bits per heavy atom. The first-order valence-corrected chi connectivity index (χ1v) is 7.79. The average molecular weight is 321 g/mol. The second-order valence-electron chi connectivity index (χ2n) is 5.00. The Balaban J connectivity index is 2.08. The van der Waals surface area contributed by atoms with Gasteiger partial charge >= 0.3 is 0 Å². The van der Waals surface area contributed by atoms with E-state index < -0.39 is 0 Å². The van der Waals surface area contributed by atoms with Gasteiger partial charge in [0.2, 0.25) is 0 Å². The van der Waals surface area contributed by atoms with Crippen LogP contribution in [0.2, 0.25) is 0 Å². The van der Waals surface area contributed by atoms with Gasteiger partial charge in [-0.1, -0.05) is 0 Å². The van der Waals surface area contributed by atoms with Crippen molar-refractivity contribution in [2.75, 3.05) is 0 Å². The molecule has 0 fully saturated rings. The highest BCUT2D eigenvalue weighted by atomic mass is 32.1. The number of fused-ring (bicyclic) bond motifs is 1. The Morgan fingerprint density at radius 1 is 1.04 bits per heavy atom. The molecule has 0 N–H and O–H groups in total. The van der Waals surface area contributed by atoms with Crippen molar-refractivity contribution in [3.63, 3.8) is 0 Å². The van der Waals surface area contributed by atoms with Crippen LogP contribution in [0, 0.1) is 0 Å². The molecule has 7 heteroatoms. The van der Waals surface area contributed by atoms with Crippen molar-refractivity contribution in [2.24, 2.45) is 7.05 Å². The summed E-state index contributed by atoms with van der Waals surface area (Å²) in [4.78, 5) is 16.7. The largest absolute Gasteiger partial charge is 0.275 e. The van der Waals surface area contributed by atoms with Crippen LogP contribution in [0.5, 0.6) is 0 Å². The minimum atomic E-state index is -0.120. The summed E-state index contributed by atoms with van der Waals surface area (Å²) in [6.45, 7) is 0. The fourth-order valence-electron chi connectivity index (χ4n) is 2.51. The van der Waals surface area contributed by atoms with Crippen molar-refractivity contribution in [1.82, 2.24) is 25.0 Å². The molecule has 0 radical (unpaired) electrons. The van der Waals surface area contributed by atoms with E-state index in [9.17, 15) is 4.79 Å². The van der Waals surface area contributed by atoms with Gasteiger partial charge in [0.1, 0.15) is 5.69 Å². The zero-order valence-corrected chi connectivity index (χ0v) is 13.0. The fraction of sp³-hybridized carbons (Fsp3) is 0.0625. The normalized spacial score (nSPS) is 11.0. The van der Waals surface area contributed by atoms with Gasteiger partial charge in [-0.3, -0.25) is 9.78 Å². The lowest BCUT2D eigenvalue weighted by molar-refractivity contribution is 0.723. The summed E-state index contributed by atoms with van der Waals surface area (Å²) in [5.41, 5.74) is 3.32. The lowest BCUT2D eigenvalue weighted by Crippen LogP contribution is -2.20. The first-order valence-electron chi connectivity index (χ1n) is 6.91. The summed E-state index contributed by atoms with van der Waals surface area (Å²) in [7, 11) is 1.67. The molecule has 112 valence electrons. The van der Waals surface area contributed by atoms with Gasteiger partial charge in [-0.2, -0.15) is 15.3 Å². The highest BCUT2D eigenvalue weighted by Crippen LogP contribution is 2.35. The predicted molar refractivity (Wildman–Crippen MR) is 89.1 cm³/mol. The molecule has 0 aliphatic heterocycles. The van der Waals surface area contributed by atoms with Gasteiger partial charge in [0.25, 0.3) is 5.56 Å². The molecule has 4 heterocycles. The number of thiophene rings is 1. The topological polar surface area (TPSA) is 73.6 Å². The maximum absolute atomic E-state index is 12.6. The van der Waals surface area contributed by atoms with Crippen molar-refractivity contribution in [3.05, 3.63) is 58.7 Å². The van der Waals surface area contributed by atoms with E-state index in [2.05, 4.69) is 20.3 Å². The molecule has 0 aliphatic rings. The van der Waals surface area contributed by atoms with Crippen LogP contribution >= 0.6 is 11.3 Å². The Kier molecular flexibility index (Phi) is 3.20. The number of nitrogens with zero attached hydrogens (tertiary/aromatic N) is 5. The monoisotopic (exact) mass is 321 g/mol. The van der Waals surface area contributed by atoms with Crippen molar-refractivity contribution in [1.29, 1.82) is 0 Å². The van der Waals surface area contributed by atoms with Gasteiger partial charge in [0.05, 0.1) is 22.5 Å². The highest BCUT2D eigenvalue weighted by molar-refractivity contribution is 7.18. The summed E-state index contributed by atoms with van der Waals surface area (Å²) in [5, 5.41) is 14.8. The molecule has 4 aromatic heterocycles. The molecule has 23 heavy (non-hydrogen) atoms. The standard InChI is InChI=1S/C16H11N5OS/c1-21-16(22)13-12(11-4-7-18-19-8-11)9-23-15(13)14(20-21)10-2-5-17-6-3-10/h2-9H,1H3. The highest BCUT2D eigenvalue weighted by Gasteiger charge is 2.17. The van der Waals surface area contributed by atoms with Gasteiger partial charge < -0.3 is 0 Å². The Bertz CT molecular complexity index is 1040. The summed E-state index contributed by atoms with van der Waals surface area (Å²) in [6, 6.07) is 5.62. The average Bonchev–Trinajstić information content (AvgIpc) is 3.05. The molecular formula is C16H11N5OS. The minimum Gasteiger partial charge on any atom is -0.267 e. The van der Waals surface area contributed by atoms with E-state index in [4.69, 9.17) is 0 Å². The smallest absolute Gasteiger partial charge is 0.267 e. The van der Waals surface area contributed by atoms with E-state index in [0.29, 0.717) is 5.39 Å². The molecule has 0 amide bonds. The van der Waals surface area contributed by atoms with Crippen molar-refractivity contribution < 1.29 is 0 Å². The molecule has 6 nitrogen and oxygen atoms in total. The van der Waals surface area contributed by atoms with E-state index in [-0.39, 0.29) is 5.56 Å². The molecule has 0 spiro atoms. The summed E-state index contributed by atoms with van der Waals surface area (Å²) in [6.07, 6.45) is 6.71. The third-order valence-corrected chi connectivity index (χ3v) is 4.60. The van der Waals surface area contributed by atoms with Gasteiger partial charge in [-0.15, -0.1) is 11.3 Å². The zero-order valence-electron chi connectivity index (χ0n) is 12.2. The van der Waals surface area contributed by atoms with E-state index in [1.165, 1.54) is 16.0 Å².